The van der Waals surface area contributed by atoms with Crippen molar-refractivity contribution in [2.45, 2.75) is 13.3 Å². The van der Waals surface area contributed by atoms with Crippen molar-refractivity contribution in [2.24, 2.45) is 11.0 Å². The first-order chi connectivity index (χ1) is 5.43. The summed E-state index contributed by atoms with van der Waals surface area (Å²) in [6.45, 7) is 2.97. The Morgan fingerprint density at radius 1 is 1.55 bits per heavy atom. The Labute approximate surface area is 67.7 Å². The summed E-state index contributed by atoms with van der Waals surface area (Å²) in [5, 5.41) is 4.07. The van der Waals surface area contributed by atoms with Crippen LogP contribution in [0.3, 0.4) is 0 Å². The molecule has 0 saturated carbocycles. The van der Waals surface area contributed by atoms with Crippen molar-refractivity contribution in [1.82, 2.24) is 5.43 Å². The maximum Gasteiger partial charge on any atom is 0.0513 e. The molecule has 0 spiro atoms. The molecule has 1 N–H and O–H groups in total. The summed E-state index contributed by atoms with van der Waals surface area (Å²) in [6, 6.07) is 0. The van der Waals surface area contributed by atoms with E-state index in [2.05, 4.69) is 29.6 Å². The molecule has 0 amide bonds. The average molecular weight is 150 g/mol. The van der Waals surface area contributed by atoms with Crippen molar-refractivity contribution in [3.05, 3.63) is 24.3 Å². The summed E-state index contributed by atoms with van der Waals surface area (Å²) in [7, 11) is 0. The van der Waals surface area contributed by atoms with E-state index in [0.29, 0.717) is 5.92 Å². The normalized spacial score (nSPS) is 29.4. The second-order valence-electron chi connectivity index (χ2n) is 2.53. The zero-order valence-corrected chi connectivity index (χ0v) is 6.83. The summed E-state index contributed by atoms with van der Waals surface area (Å²) < 4.78 is 0. The molecule has 1 atom stereocenters. The van der Waals surface area contributed by atoms with Gasteiger partial charge in [-0.15, -0.1) is 0 Å². The quantitative estimate of drug-likeness (QED) is 0.604. The number of hydrogen-bond acceptors (Lipinski definition) is 2. The van der Waals surface area contributed by atoms with Crippen LogP contribution in [0.2, 0.25) is 0 Å². The van der Waals surface area contributed by atoms with Gasteiger partial charge in [-0.1, -0.05) is 31.2 Å². The van der Waals surface area contributed by atoms with E-state index < -0.39 is 0 Å². The van der Waals surface area contributed by atoms with E-state index in [-0.39, 0.29) is 0 Å². The van der Waals surface area contributed by atoms with Crippen LogP contribution in [-0.2, 0) is 0 Å². The molecular weight excluding hydrogens is 136 g/mol. The van der Waals surface area contributed by atoms with Crippen LogP contribution in [-0.4, -0.2) is 12.8 Å². The molecule has 2 heteroatoms. The van der Waals surface area contributed by atoms with Gasteiger partial charge in [0.2, 0.25) is 0 Å². The van der Waals surface area contributed by atoms with Crippen molar-refractivity contribution in [3.8, 4) is 0 Å². The fourth-order valence-corrected chi connectivity index (χ4v) is 0.899. The summed E-state index contributed by atoms with van der Waals surface area (Å²) >= 11 is 0. The first kappa shape index (κ1) is 8.05. The zero-order valence-electron chi connectivity index (χ0n) is 6.83. The molecule has 0 aromatic rings. The molecule has 1 aliphatic heterocycles. The number of allylic oxidation sites excluding steroid dienone is 3. The van der Waals surface area contributed by atoms with E-state index in [0.717, 1.165) is 13.0 Å². The number of nitrogens with zero attached hydrogens (tertiary/aromatic N) is 1. The van der Waals surface area contributed by atoms with Crippen LogP contribution < -0.4 is 5.43 Å². The van der Waals surface area contributed by atoms with Gasteiger partial charge in [0.15, 0.2) is 0 Å². The van der Waals surface area contributed by atoms with Crippen molar-refractivity contribution in [3.63, 3.8) is 0 Å². The summed E-state index contributed by atoms with van der Waals surface area (Å²) in [6.07, 6.45) is 11.4. The van der Waals surface area contributed by atoms with Gasteiger partial charge in [-0.3, -0.25) is 0 Å². The third kappa shape index (κ3) is 3.03. The maximum absolute atomic E-state index is 4.07. The molecule has 1 aliphatic rings. The van der Waals surface area contributed by atoms with Gasteiger partial charge in [0.1, 0.15) is 0 Å². The molecule has 1 unspecified atom stereocenters. The Kier molecular flexibility index (Phi) is 3.45. The molecule has 0 aromatic heterocycles. The van der Waals surface area contributed by atoms with E-state index in [9.17, 15) is 0 Å². The molecule has 11 heavy (non-hydrogen) atoms. The Balaban J connectivity index is 2.56. The SMILES string of the molecule is CCC1C=NNC/C=C\C=C/1. The summed E-state index contributed by atoms with van der Waals surface area (Å²) in [4.78, 5) is 0. The smallest absolute Gasteiger partial charge is 0.0513 e. The van der Waals surface area contributed by atoms with Crippen LogP contribution in [0, 0.1) is 5.92 Å². The topological polar surface area (TPSA) is 24.4 Å². The lowest BCUT2D eigenvalue weighted by Crippen LogP contribution is -2.06. The van der Waals surface area contributed by atoms with Gasteiger partial charge >= 0.3 is 0 Å². The van der Waals surface area contributed by atoms with E-state index >= 15 is 0 Å². The minimum Gasteiger partial charge on any atom is -0.307 e. The average Bonchev–Trinajstić information content (AvgIpc) is 2.16. The van der Waals surface area contributed by atoms with Gasteiger partial charge in [0.05, 0.1) is 6.54 Å². The van der Waals surface area contributed by atoms with Gasteiger partial charge < -0.3 is 5.43 Å². The van der Waals surface area contributed by atoms with Crippen molar-refractivity contribution in [1.29, 1.82) is 0 Å². The van der Waals surface area contributed by atoms with Crippen LogP contribution >= 0.6 is 0 Å². The first-order valence-electron chi connectivity index (χ1n) is 4.03. The highest BCUT2D eigenvalue weighted by atomic mass is 15.3. The largest absolute Gasteiger partial charge is 0.307 e. The second-order valence-corrected chi connectivity index (χ2v) is 2.53. The van der Waals surface area contributed by atoms with E-state index in [1.807, 2.05) is 18.4 Å². The van der Waals surface area contributed by atoms with Crippen molar-refractivity contribution in [2.75, 3.05) is 6.54 Å². The lowest BCUT2D eigenvalue weighted by Gasteiger charge is -1.99. The van der Waals surface area contributed by atoms with Crippen LogP contribution in [0.25, 0.3) is 0 Å². The standard InChI is InChI=1S/C9H14N2/c1-2-9-6-4-3-5-7-10-11-8-9/h3-6,8-10H,2,7H2,1H3/b5-3-,6-4-,11-8?. The second kappa shape index (κ2) is 4.72. The Hall–Kier alpha value is -1.05. The number of nitrogens with one attached hydrogen (secondary N) is 1. The molecular formula is C9H14N2. The minimum atomic E-state index is 0.477. The third-order valence-electron chi connectivity index (χ3n) is 1.64. The van der Waals surface area contributed by atoms with Gasteiger partial charge in [0.25, 0.3) is 0 Å². The molecule has 0 aromatic carbocycles. The van der Waals surface area contributed by atoms with Gasteiger partial charge in [0, 0.05) is 12.1 Å². The summed E-state index contributed by atoms with van der Waals surface area (Å²) in [5.74, 6) is 0.477. The third-order valence-corrected chi connectivity index (χ3v) is 1.64. The van der Waals surface area contributed by atoms with E-state index in [1.54, 1.807) is 0 Å². The molecule has 1 rings (SSSR count). The van der Waals surface area contributed by atoms with Crippen molar-refractivity contribution >= 4 is 6.21 Å². The molecule has 60 valence electrons. The number of hydrogen-bond donors (Lipinski definition) is 1. The highest BCUT2D eigenvalue weighted by Crippen LogP contribution is 2.01. The van der Waals surface area contributed by atoms with Crippen LogP contribution in [0.15, 0.2) is 29.4 Å². The zero-order chi connectivity index (χ0) is 7.94. The lowest BCUT2D eigenvalue weighted by molar-refractivity contribution is 0.787. The Morgan fingerprint density at radius 3 is 3.27 bits per heavy atom. The molecule has 1 heterocycles. The Bertz CT molecular complexity index is 180. The molecule has 0 radical (unpaired) electrons. The van der Waals surface area contributed by atoms with Gasteiger partial charge in [-0.25, -0.2) is 0 Å². The van der Waals surface area contributed by atoms with Crippen LogP contribution in [0.4, 0.5) is 0 Å². The summed E-state index contributed by atoms with van der Waals surface area (Å²) in [5.41, 5.74) is 2.93. The number of rotatable bonds is 1. The molecule has 2 nitrogen and oxygen atoms in total. The van der Waals surface area contributed by atoms with E-state index in [1.165, 1.54) is 0 Å². The van der Waals surface area contributed by atoms with Crippen LogP contribution in [0.1, 0.15) is 13.3 Å². The van der Waals surface area contributed by atoms with Crippen molar-refractivity contribution < 1.29 is 0 Å². The van der Waals surface area contributed by atoms with Gasteiger partial charge in [-0.2, -0.15) is 5.10 Å². The molecule has 0 fully saturated rings. The number of hydrazone groups is 1. The van der Waals surface area contributed by atoms with Crippen LogP contribution in [0.5, 0.6) is 0 Å². The highest BCUT2D eigenvalue weighted by Gasteiger charge is 1.95. The monoisotopic (exact) mass is 150 g/mol. The first-order valence-corrected chi connectivity index (χ1v) is 4.03. The lowest BCUT2D eigenvalue weighted by atomic mass is 10.1. The maximum atomic E-state index is 4.07. The molecule has 0 bridgehead atoms. The van der Waals surface area contributed by atoms with Gasteiger partial charge in [-0.05, 0) is 6.42 Å². The fraction of sp³-hybridized carbons (Fsp3) is 0.444. The predicted octanol–water partition coefficient (Wildman–Crippen LogP) is 1.71. The minimum absolute atomic E-state index is 0.477. The highest BCUT2D eigenvalue weighted by molar-refractivity contribution is 5.63. The molecule has 0 saturated heterocycles. The molecule has 0 aliphatic carbocycles. The predicted molar refractivity (Wildman–Crippen MR) is 48.6 cm³/mol. The fourth-order valence-electron chi connectivity index (χ4n) is 0.899. The van der Waals surface area contributed by atoms with E-state index in [4.69, 9.17) is 0 Å². The Morgan fingerprint density at radius 2 is 2.45 bits per heavy atom.